The van der Waals surface area contributed by atoms with Gasteiger partial charge in [-0.3, -0.25) is 0 Å². The molecule has 0 aliphatic carbocycles. The Labute approximate surface area is 126 Å². The van der Waals surface area contributed by atoms with Crippen molar-refractivity contribution in [3.8, 4) is 0 Å². The van der Waals surface area contributed by atoms with Crippen LogP contribution in [-0.2, 0) is 4.74 Å². The van der Waals surface area contributed by atoms with Crippen LogP contribution in [0.5, 0.6) is 0 Å². The van der Waals surface area contributed by atoms with Crippen molar-refractivity contribution in [1.82, 2.24) is 0 Å². The van der Waals surface area contributed by atoms with Crippen molar-refractivity contribution in [2.24, 2.45) is 0 Å². The Balaban J connectivity index is 2.25. The predicted molar refractivity (Wildman–Crippen MR) is 87.2 cm³/mol. The molecular weight excluding hydrogens is 300 g/mol. The molecule has 0 spiro atoms. The van der Waals surface area contributed by atoms with Crippen LogP contribution >= 0.6 is 15.9 Å². The van der Waals surface area contributed by atoms with E-state index in [0.29, 0.717) is 12.0 Å². The van der Waals surface area contributed by atoms with E-state index >= 15 is 0 Å². The molecule has 2 atom stereocenters. The SMILES string of the molecule is CCCCCCC(C)OCC(CBr)c1ccccc1. The highest BCUT2D eigenvalue weighted by atomic mass is 79.9. The van der Waals surface area contributed by atoms with Crippen LogP contribution in [0.15, 0.2) is 30.3 Å². The first kappa shape index (κ1) is 16.7. The average molecular weight is 327 g/mol. The van der Waals surface area contributed by atoms with Crippen LogP contribution in [0, 0.1) is 0 Å². The largest absolute Gasteiger partial charge is 0.378 e. The molecule has 1 aromatic carbocycles. The Morgan fingerprint density at radius 2 is 1.84 bits per heavy atom. The molecule has 0 saturated heterocycles. The lowest BCUT2D eigenvalue weighted by Crippen LogP contribution is -2.15. The number of benzene rings is 1. The van der Waals surface area contributed by atoms with E-state index in [1.807, 2.05) is 0 Å². The number of hydrogen-bond donors (Lipinski definition) is 0. The molecule has 0 aliphatic heterocycles. The number of alkyl halides is 1. The third-order valence-corrected chi connectivity index (χ3v) is 4.28. The first-order valence-electron chi connectivity index (χ1n) is 7.50. The van der Waals surface area contributed by atoms with Crippen LogP contribution in [0.2, 0.25) is 0 Å². The van der Waals surface area contributed by atoms with Gasteiger partial charge < -0.3 is 4.74 Å². The molecule has 0 aliphatic rings. The minimum Gasteiger partial charge on any atom is -0.378 e. The van der Waals surface area contributed by atoms with Gasteiger partial charge in [0.25, 0.3) is 0 Å². The van der Waals surface area contributed by atoms with Gasteiger partial charge in [-0.1, -0.05) is 78.9 Å². The molecule has 19 heavy (non-hydrogen) atoms. The lowest BCUT2D eigenvalue weighted by molar-refractivity contribution is 0.0516. The van der Waals surface area contributed by atoms with Crippen molar-refractivity contribution in [2.45, 2.75) is 58.0 Å². The van der Waals surface area contributed by atoms with Gasteiger partial charge in [-0.05, 0) is 18.9 Å². The van der Waals surface area contributed by atoms with Crippen molar-refractivity contribution in [1.29, 1.82) is 0 Å². The van der Waals surface area contributed by atoms with Crippen molar-refractivity contribution in [2.75, 3.05) is 11.9 Å². The molecule has 1 nitrogen and oxygen atoms in total. The summed E-state index contributed by atoms with van der Waals surface area (Å²) >= 11 is 3.60. The molecule has 0 aromatic heterocycles. The van der Waals surface area contributed by atoms with Gasteiger partial charge in [0.2, 0.25) is 0 Å². The van der Waals surface area contributed by atoms with E-state index in [4.69, 9.17) is 4.74 Å². The molecule has 1 aromatic rings. The van der Waals surface area contributed by atoms with E-state index in [2.05, 4.69) is 60.1 Å². The lowest BCUT2D eigenvalue weighted by Gasteiger charge is -2.19. The second kappa shape index (κ2) is 10.4. The maximum absolute atomic E-state index is 6.00. The van der Waals surface area contributed by atoms with E-state index in [1.165, 1.54) is 37.7 Å². The zero-order chi connectivity index (χ0) is 13.9. The average Bonchev–Trinajstić information content (AvgIpc) is 2.45. The monoisotopic (exact) mass is 326 g/mol. The molecule has 2 unspecified atom stereocenters. The summed E-state index contributed by atoms with van der Waals surface area (Å²) in [5, 5.41) is 0.958. The minimum atomic E-state index is 0.377. The summed E-state index contributed by atoms with van der Waals surface area (Å²) in [4.78, 5) is 0. The fourth-order valence-corrected chi connectivity index (χ4v) is 2.74. The van der Waals surface area contributed by atoms with Gasteiger partial charge in [0.05, 0.1) is 12.7 Å². The van der Waals surface area contributed by atoms with E-state index in [-0.39, 0.29) is 0 Å². The molecule has 0 N–H and O–H groups in total. The van der Waals surface area contributed by atoms with E-state index in [9.17, 15) is 0 Å². The highest BCUT2D eigenvalue weighted by molar-refractivity contribution is 9.09. The van der Waals surface area contributed by atoms with Gasteiger partial charge in [0.1, 0.15) is 0 Å². The zero-order valence-corrected chi connectivity index (χ0v) is 13.9. The first-order chi connectivity index (χ1) is 9.27. The Morgan fingerprint density at radius 1 is 1.11 bits per heavy atom. The number of hydrogen-bond acceptors (Lipinski definition) is 1. The second-order valence-electron chi connectivity index (χ2n) is 5.26. The summed E-state index contributed by atoms with van der Waals surface area (Å²) < 4.78 is 6.00. The predicted octanol–water partition coefficient (Wildman–Crippen LogP) is 5.54. The normalized spacial score (nSPS) is 14.3. The summed E-state index contributed by atoms with van der Waals surface area (Å²) in [7, 11) is 0. The summed E-state index contributed by atoms with van der Waals surface area (Å²) in [5.74, 6) is 0.458. The molecule has 0 fully saturated rings. The van der Waals surface area contributed by atoms with E-state index < -0.39 is 0 Å². The highest BCUT2D eigenvalue weighted by Crippen LogP contribution is 2.19. The number of rotatable bonds is 10. The lowest BCUT2D eigenvalue weighted by atomic mass is 10.0. The third kappa shape index (κ3) is 7.12. The van der Waals surface area contributed by atoms with Gasteiger partial charge >= 0.3 is 0 Å². The quantitative estimate of drug-likeness (QED) is 0.405. The van der Waals surface area contributed by atoms with Gasteiger partial charge in [-0.15, -0.1) is 0 Å². The van der Waals surface area contributed by atoms with Crippen molar-refractivity contribution in [3.63, 3.8) is 0 Å². The molecule has 0 amide bonds. The fraction of sp³-hybridized carbons (Fsp3) is 0.647. The van der Waals surface area contributed by atoms with Crippen LogP contribution < -0.4 is 0 Å². The van der Waals surface area contributed by atoms with Crippen molar-refractivity contribution < 1.29 is 4.74 Å². The van der Waals surface area contributed by atoms with Gasteiger partial charge in [-0.2, -0.15) is 0 Å². The maximum Gasteiger partial charge on any atom is 0.0547 e. The van der Waals surface area contributed by atoms with E-state index in [1.54, 1.807) is 0 Å². The Hall–Kier alpha value is -0.340. The van der Waals surface area contributed by atoms with Crippen molar-refractivity contribution >= 4 is 15.9 Å². The fourth-order valence-electron chi connectivity index (χ4n) is 2.18. The molecule has 108 valence electrons. The van der Waals surface area contributed by atoms with Crippen LogP contribution in [0.4, 0.5) is 0 Å². The van der Waals surface area contributed by atoms with Crippen molar-refractivity contribution in [3.05, 3.63) is 35.9 Å². The molecule has 0 radical (unpaired) electrons. The minimum absolute atomic E-state index is 0.377. The zero-order valence-electron chi connectivity index (χ0n) is 12.3. The van der Waals surface area contributed by atoms with Gasteiger partial charge in [0, 0.05) is 11.2 Å². The smallest absolute Gasteiger partial charge is 0.0547 e. The van der Waals surface area contributed by atoms with Crippen LogP contribution in [0.1, 0.15) is 57.4 Å². The first-order valence-corrected chi connectivity index (χ1v) is 8.62. The van der Waals surface area contributed by atoms with Gasteiger partial charge in [-0.25, -0.2) is 0 Å². The summed E-state index contributed by atoms with van der Waals surface area (Å²) in [6, 6.07) is 10.6. The molecule has 0 heterocycles. The Kier molecular flexibility index (Phi) is 9.19. The number of halogens is 1. The molecule has 1 rings (SSSR count). The standard InChI is InChI=1S/C17H27BrO/c1-3-4-5-7-10-15(2)19-14-17(13-18)16-11-8-6-9-12-16/h6,8-9,11-12,15,17H,3-5,7,10,13-14H2,1-2H3. The Morgan fingerprint density at radius 3 is 2.47 bits per heavy atom. The molecule has 0 saturated carbocycles. The van der Waals surface area contributed by atoms with Crippen LogP contribution in [0.3, 0.4) is 0 Å². The summed E-state index contributed by atoms with van der Waals surface area (Å²) in [6.45, 7) is 5.26. The maximum atomic E-state index is 6.00. The number of unbranched alkanes of at least 4 members (excludes halogenated alkanes) is 3. The third-order valence-electron chi connectivity index (χ3n) is 3.50. The van der Waals surface area contributed by atoms with Crippen LogP contribution in [-0.4, -0.2) is 18.0 Å². The second-order valence-corrected chi connectivity index (χ2v) is 5.90. The van der Waals surface area contributed by atoms with Crippen LogP contribution in [0.25, 0.3) is 0 Å². The molecular formula is C17H27BrO. The van der Waals surface area contributed by atoms with E-state index in [0.717, 1.165) is 11.9 Å². The molecule has 2 heteroatoms. The summed E-state index contributed by atoms with van der Waals surface area (Å²) in [6.07, 6.45) is 6.84. The number of ether oxygens (including phenoxy) is 1. The van der Waals surface area contributed by atoms with Gasteiger partial charge in [0.15, 0.2) is 0 Å². The molecule has 0 bridgehead atoms. The Bertz CT molecular complexity index is 312. The summed E-state index contributed by atoms with van der Waals surface area (Å²) in [5.41, 5.74) is 1.36. The topological polar surface area (TPSA) is 9.23 Å². The highest BCUT2D eigenvalue weighted by Gasteiger charge is 2.12.